The van der Waals surface area contributed by atoms with E-state index < -0.39 is 10.9 Å². The number of carboxylic acids is 1. The van der Waals surface area contributed by atoms with Gasteiger partial charge in [-0.25, -0.2) is 4.79 Å². The summed E-state index contributed by atoms with van der Waals surface area (Å²) in [5.74, 6) is -0.520. The highest BCUT2D eigenvalue weighted by Crippen LogP contribution is 2.17. The lowest BCUT2D eigenvalue weighted by Gasteiger charge is -2.00. The van der Waals surface area contributed by atoms with Gasteiger partial charge in [-0.2, -0.15) is 4.98 Å². The molecule has 0 spiro atoms. The fourth-order valence-corrected chi connectivity index (χ4v) is 1.73. The lowest BCUT2D eigenvalue weighted by molar-refractivity contribution is -0.384. The van der Waals surface area contributed by atoms with Crippen LogP contribution in [-0.4, -0.2) is 30.7 Å². The largest absolute Gasteiger partial charge is 0.477 e. The summed E-state index contributed by atoms with van der Waals surface area (Å²) >= 11 is 0. The highest BCUT2D eigenvalue weighted by Gasteiger charge is 2.20. The first-order chi connectivity index (χ1) is 9.51. The van der Waals surface area contributed by atoms with Gasteiger partial charge in [0.05, 0.1) is 11.1 Å². The van der Waals surface area contributed by atoms with Gasteiger partial charge in [0.2, 0.25) is 5.89 Å². The van der Waals surface area contributed by atoms with Crippen LogP contribution in [0.15, 0.2) is 16.8 Å². The van der Waals surface area contributed by atoms with E-state index in [0.717, 1.165) is 18.7 Å². The van der Waals surface area contributed by atoms with E-state index in [1.54, 1.807) is 0 Å². The Morgan fingerprint density at radius 1 is 1.60 bits per heavy atom. The fraction of sp³-hybridized carbons (Fsp3) is 0.364. The summed E-state index contributed by atoms with van der Waals surface area (Å²) in [4.78, 5) is 25.2. The van der Waals surface area contributed by atoms with Crippen molar-refractivity contribution in [1.29, 1.82) is 0 Å². The Hall–Kier alpha value is -2.71. The van der Waals surface area contributed by atoms with Crippen LogP contribution in [0.4, 0.5) is 5.69 Å². The number of aromatic carboxylic acids is 1. The monoisotopic (exact) mass is 280 g/mol. The fourth-order valence-electron chi connectivity index (χ4n) is 1.73. The van der Waals surface area contributed by atoms with Crippen molar-refractivity contribution in [2.75, 3.05) is 0 Å². The average molecular weight is 280 g/mol. The van der Waals surface area contributed by atoms with E-state index in [1.807, 2.05) is 6.92 Å². The predicted octanol–water partition coefficient (Wildman–Crippen LogP) is 1.48. The van der Waals surface area contributed by atoms with Gasteiger partial charge in [0.15, 0.2) is 5.82 Å². The predicted molar refractivity (Wildman–Crippen MR) is 65.4 cm³/mol. The molecular formula is C11H12N4O5. The standard InChI is InChI=1S/C11H12N4O5/c1-2-3-9-12-10(20-13-9)6-14-5-7(15(18)19)4-8(14)11(16)17/h4-5H,2-3,6H2,1H3,(H,16,17). The van der Waals surface area contributed by atoms with Gasteiger partial charge in [0.1, 0.15) is 12.2 Å². The van der Waals surface area contributed by atoms with Crippen LogP contribution in [0.5, 0.6) is 0 Å². The zero-order valence-electron chi connectivity index (χ0n) is 10.6. The number of carboxylic acid groups (broad SMARTS) is 1. The summed E-state index contributed by atoms with van der Waals surface area (Å²) in [5, 5.41) is 23.4. The molecule has 0 aliphatic rings. The minimum Gasteiger partial charge on any atom is -0.477 e. The molecule has 2 aromatic heterocycles. The van der Waals surface area contributed by atoms with E-state index in [4.69, 9.17) is 9.63 Å². The molecule has 0 aliphatic carbocycles. The van der Waals surface area contributed by atoms with Crippen LogP contribution in [-0.2, 0) is 13.0 Å². The van der Waals surface area contributed by atoms with Crippen LogP contribution in [0.2, 0.25) is 0 Å². The maximum atomic E-state index is 11.0. The lowest BCUT2D eigenvalue weighted by Crippen LogP contribution is -2.08. The summed E-state index contributed by atoms with van der Waals surface area (Å²) in [7, 11) is 0. The van der Waals surface area contributed by atoms with Gasteiger partial charge in [-0.3, -0.25) is 10.1 Å². The van der Waals surface area contributed by atoms with Crippen LogP contribution in [0, 0.1) is 10.1 Å². The smallest absolute Gasteiger partial charge is 0.352 e. The van der Waals surface area contributed by atoms with Crippen LogP contribution >= 0.6 is 0 Å². The number of nitro groups is 1. The topological polar surface area (TPSA) is 124 Å². The van der Waals surface area contributed by atoms with Crippen molar-refractivity contribution < 1.29 is 19.3 Å². The molecule has 0 fully saturated rings. The molecule has 106 valence electrons. The Kier molecular flexibility index (Phi) is 3.78. The highest BCUT2D eigenvalue weighted by atomic mass is 16.6. The van der Waals surface area contributed by atoms with Crippen molar-refractivity contribution in [3.63, 3.8) is 0 Å². The molecular weight excluding hydrogens is 268 g/mol. The third-order valence-electron chi connectivity index (χ3n) is 2.60. The summed E-state index contributed by atoms with van der Waals surface area (Å²) in [6, 6.07) is 0.992. The summed E-state index contributed by atoms with van der Waals surface area (Å²) in [5.41, 5.74) is -0.498. The Balaban J connectivity index is 2.26. The molecule has 0 amide bonds. The molecule has 0 bridgehead atoms. The third-order valence-corrected chi connectivity index (χ3v) is 2.60. The first-order valence-corrected chi connectivity index (χ1v) is 5.90. The van der Waals surface area contributed by atoms with E-state index in [0.29, 0.717) is 12.2 Å². The first kappa shape index (κ1) is 13.7. The number of nitrogens with zero attached hydrogens (tertiary/aromatic N) is 4. The quantitative estimate of drug-likeness (QED) is 0.627. The van der Waals surface area contributed by atoms with Crippen molar-refractivity contribution in [2.24, 2.45) is 0 Å². The molecule has 0 saturated heterocycles. The van der Waals surface area contributed by atoms with Gasteiger partial charge in [0.25, 0.3) is 5.69 Å². The van der Waals surface area contributed by atoms with Gasteiger partial charge >= 0.3 is 5.97 Å². The Bertz CT molecular complexity index is 645. The second kappa shape index (κ2) is 5.51. The second-order valence-electron chi connectivity index (χ2n) is 4.13. The van der Waals surface area contributed by atoms with Crippen LogP contribution in [0.3, 0.4) is 0 Å². The van der Waals surface area contributed by atoms with E-state index in [9.17, 15) is 14.9 Å². The lowest BCUT2D eigenvalue weighted by atomic mass is 10.3. The zero-order chi connectivity index (χ0) is 14.7. The number of hydrogen-bond donors (Lipinski definition) is 1. The molecule has 0 unspecified atom stereocenters. The van der Waals surface area contributed by atoms with Crippen molar-refractivity contribution in [1.82, 2.24) is 14.7 Å². The van der Waals surface area contributed by atoms with Crippen LogP contribution in [0.25, 0.3) is 0 Å². The summed E-state index contributed by atoms with van der Waals surface area (Å²) in [6.45, 7) is 1.94. The van der Waals surface area contributed by atoms with E-state index in [1.165, 1.54) is 4.57 Å². The molecule has 2 heterocycles. The molecule has 0 radical (unpaired) electrons. The van der Waals surface area contributed by atoms with E-state index in [2.05, 4.69) is 10.1 Å². The molecule has 1 N–H and O–H groups in total. The zero-order valence-corrected chi connectivity index (χ0v) is 10.6. The normalized spacial score (nSPS) is 10.7. The molecule has 2 aromatic rings. The van der Waals surface area contributed by atoms with Gasteiger partial charge in [0, 0.05) is 12.5 Å². The molecule has 9 heteroatoms. The molecule has 20 heavy (non-hydrogen) atoms. The number of hydrogen-bond acceptors (Lipinski definition) is 6. The SMILES string of the molecule is CCCc1noc(Cn2cc([N+](=O)[O-])cc2C(=O)O)n1. The van der Waals surface area contributed by atoms with Crippen molar-refractivity contribution in [3.8, 4) is 0 Å². The van der Waals surface area contributed by atoms with Crippen molar-refractivity contribution >= 4 is 11.7 Å². The highest BCUT2D eigenvalue weighted by molar-refractivity contribution is 5.86. The third kappa shape index (κ3) is 2.82. The van der Waals surface area contributed by atoms with Gasteiger partial charge < -0.3 is 14.2 Å². The van der Waals surface area contributed by atoms with E-state index >= 15 is 0 Å². The van der Waals surface area contributed by atoms with Gasteiger partial charge in [-0.05, 0) is 6.42 Å². The van der Waals surface area contributed by atoms with Crippen LogP contribution < -0.4 is 0 Å². The number of rotatable bonds is 6. The summed E-state index contributed by atoms with van der Waals surface area (Å²) in [6.07, 6.45) is 2.64. The van der Waals surface area contributed by atoms with Crippen LogP contribution in [0.1, 0.15) is 35.5 Å². The maximum Gasteiger partial charge on any atom is 0.352 e. The minimum absolute atomic E-state index is 0.0216. The van der Waals surface area contributed by atoms with Gasteiger partial charge in [-0.15, -0.1) is 0 Å². The molecule has 0 saturated carbocycles. The Labute approximate surface area is 113 Å². The molecule has 0 atom stereocenters. The van der Waals surface area contributed by atoms with Crippen molar-refractivity contribution in [2.45, 2.75) is 26.3 Å². The average Bonchev–Trinajstić information content (AvgIpc) is 2.97. The minimum atomic E-state index is -1.26. The number of aryl methyl sites for hydroxylation is 1. The molecule has 0 aromatic carbocycles. The molecule has 0 aliphatic heterocycles. The van der Waals surface area contributed by atoms with E-state index in [-0.39, 0.29) is 23.8 Å². The second-order valence-corrected chi connectivity index (χ2v) is 4.13. The van der Waals surface area contributed by atoms with Crippen molar-refractivity contribution in [3.05, 3.63) is 39.8 Å². The maximum absolute atomic E-state index is 11.0. The van der Waals surface area contributed by atoms with Gasteiger partial charge in [-0.1, -0.05) is 12.1 Å². The first-order valence-electron chi connectivity index (χ1n) is 5.90. The Morgan fingerprint density at radius 2 is 2.35 bits per heavy atom. The number of carbonyl (C=O) groups is 1. The molecule has 2 rings (SSSR count). The summed E-state index contributed by atoms with van der Waals surface area (Å²) < 4.78 is 6.18. The Morgan fingerprint density at radius 3 is 2.95 bits per heavy atom. The molecule has 9 nitrogen and oxygen atoms in total. The number of aromatic nitrogens is 3.